The zero-order chi connectivity index (χ0) is 13.0. The number of likely N-dealkylation sites (tertiary alicyclic amines) is 1. The molecule has 0 atom stereocenters. The van der Waals surface area contributed by atoms with Crippen molar-refractivity contribution in [3.8, 4) is 0 Å². The fourth-order valence-corrected chi connectivity index (χ4v) is 2.11. The molecule has 0 unspecified atom stereocenters. The molecule has 1 saturated heterocycles. The molecule has 5 nitrogen and oxygen atoms in total. The standard InChI is InChI=1S/C13H19N3O2/c1-18-12-5-7-16(8-6-12)13(17)15-11-4-2-3-10(14)9-11/h2-4,9,12H,5-8,14H2,1H3,(H,15,17). The Bertz CT molecular complexity index is 414. The molecule has 1 aliphatic heterocycles. The predicted molar refractivity (Wildman–Crippen MR) is 71.5 cm³/mol. The number of benzene rings is 1. The molecule has 5 heteroatoms. The number of carbonyl (C=O) groups excluding carboxylic acids is 1. The number of nitrogens with two attached hydrogens (primary N) is 1. The summed E-state index contributed by atoms with van der Waals surface area (Å²) in [6, 6.07) is 7.12. The van der Waals surface area contributed by atoms with Gasteiger partial charge in [-0.15, -0.1) is 0 Å². The van der Waals surface area contributed by atoms with Gasteiger partial charge in [-0.1, -0.05) is 6.07 Å². The molecule has 0 radical (unpaired) electrons. The van der Waals surface area contributed by atoms with Crippen LogP contribution in [0, 0.1) is 0 Å². The number of methoxy groups -OCH3 is 1. The Morgan fingerprint density at radius 3 is 2.78 bits per heavy atom. The van der Waals surface area contributed by atoms with E-state index in [2.05, 4.69) is 5.32 Å². The summed E-state index contributed by atoms with van der Waals surface area (Å²) in [5.41, 5.74) is 7.04. The molecule has 1 aromatic carbocycles. The van der Waals surface area contributed by atoms with Crippen molar-refractivity contribution in [2.24, 2.45) is 0 Å². The zero-order valence-corrected chi connectivity index (χ0v) is 10.6. The van der Waals surface area contributed by atoms with Crippen molar-refractivity contribution in [2.75, 3.05) is 31.2 Å². The van der Waals surface area contributed by atoms with Gasteiger partial charge in [0.15, 0.2) is 0 Å². The van der Waals surface area contributed by atoms with Crippen molar-refractivity contribution in [3.63, 3.8) is 0 Å². The van der Waals surface area contributed by atoms with E-state index in [4.69, 9.17) is 10.5 Å². The van der Waals surface area contributed by atoms with Gasteiger partial charge in [-0.3, -0.25) is 0 Å². The van der Waals surface area contributed by atoms with Crippen LogP contribution in [0.15, 0.2) is 24.3 Å². The van der Waals surface area contributed by atoms with Crippen LogP contribution in [0.2, 0.25) is 0 Å². The van der Waals surface area contributed by atoms with Crippen LogP contribution in [0.3, 0.4) is 0 Å². The van der Waals surface area contributed by atoms with E-state index in [9.17, 15) is 4.79 Å². The molecule has 0 aliphatic carbocycles. The van der Waals surface area contributed by atoms with Gasteiger partial charge < -0.3 is 20.7 Å². The summed E-state index contributed by atoms with van der Waals surface area (Å²) < 4.78 is 5.28. The quantitative estimate of drug-likeness (QED) is 0.787. The fourth-order valence-electron chi connectivity index (χ4n) is 2.11. The van der Waals surface area contributed by atoms with E-state index < -0.39 is 0 Å². The van der Waals surface area contributed by atoms with E-state index in [1.807, 2.05) is 12.1 Å². The molecule has 1 aromatic rings. The van der Waals surface area contributed by atoms with Crippen molar-refractivity contribution < 1.29 is 9.53 Å². The number of nitrogen functional groups attached to an aromatic ring is 1. The molecule has 1 aliphatic rings. The van der Waals surface area contributed by atoms with Crippen LogP contribution in [0.1, 0.15) is 12.8 Å². The van der Waals surface area contributed by atoms with Gasteiger partial charge in [-0.25, -0.2) is 4.79 Å². The molecule has 0 saturated carbocycles. The van der Waals surface area contributed by atoms with Crippen LogP contribution in [-0.4, -0.2) is 37.2 Å². The SMILES string of the molecule is COC1CCN(C(=O)Nc2cccc(N)c2)CC1. The number of piperidine rings is 1. The molecule has 2 rings (SSSR count). The number of urea groups is 1. The second-order valence-corrected chi connectivity index (χ2v) is 4.48. The third-order valence-corrected chi connectivity index (χ3v) is 3.20. The Morgan fingerprint density at radius 2 is 2.17 bits per heavy atom. The molecule has 0 spiro atoms. The number of ether oxygens (including phenoxy) is 1. The second kappa shape index (κ2) is 5.73. The first-order chi connectivity index (χ1) is 8.69. The zero-order valence-electron chi connectivity index (χ0n) is 10.6. The largest absolute Gasteiger partial charge is 0.399 e. The van der Waals surface area contributed by atoms with Crippen LogP contribution in [0.25, 0.3) is 0 Å². The highest BCUT2D eigenvalue weighted by Crippen LogP contribution is 2.16. The van der Waals surface area contributed by atoms with Gasteiger partial charge in [-0.2, -0.15) is 0 Å². The maximum Gasteiger partial charge on any atom is 0.321 e. The third-order valence-electron chi connectivity index (χ3n) is 3.20. The minimum Gasteiger partial charge on any atom is -0.399 e. The molecule has 3 N–H and O–H groups in total. The molecular formula is C13H19N3O2. The van der Waals surface area contributed by atoms with Gasteiger partial charge in [-0.05, 0) is 31.0 Å². The summed E-state index contributed by atoms with van der Waals surface area (Å²) in [4.78, 5) is 13.8. The van der Waals surface area contributed by atoms with Gasteiger partial charge in [0, 0.05) is 31.6 Å². The summed E-state index contributed by atoms with van der Waals surface area (Å²) in [6.45, 7) is 1.46. The maximum absolute atomic E-state index is 12.0. The van der Waals surface area contributed by atoms with Crippen molar-refractivity contribution in [1.29, 1.82) is 0 Å². The van der Waals surface area contributed by atoms with E-state index in [1.165, 1.54) is 0 Å². The first-order valence-electron chi connectivity index (χ1n) is 6.13. The number of hydrogen-bond donors (Lipinski definition) is 2. The van der Waals surface area contributed by atoms with Crippen molar-refractivity contribution in [2.45, 2.75) is 18.9 Å². The summed E-state index contributed by atoms with van der Waals surface area (Å²) in [5, 5.41) is 2.85. The van der Waals surface area contributed by atoms with Gasteiger partial charge in [0.25, 0.3) is 0 Å². The number of anilines is 2. The van der Waals surface area contributed by atoms with Crippen molar-refractivity contribution >= 4 is 17.4 Å². The van der Waals surface area contributed by atoms with Gasteiger partial charge >= 0.3 is 6.03 Å². The highest BCUT2D eigenvalue weighted by molar-refractivity contribution is 5.89. The van der Waals surface area contributed by atoms with Crippen molar-refractivity contribution in [3.05, 3.63) is 24.3 Å². The van der Waals surface area contributed by atoms with Gasteiger partial charge in [0.2, 0.25) is 0 Å². The number of nitrogens with one attached hydrogen (secondary N) is 1. The number of carbonyl (C=O) groups is 1. The minimum absolute atomic E-state index is 0.0739. The molecular weight excluding hydrogens is 230 g/mol. The maximum atomic E-state index is 12.0. The Balaban J connectivity index is 1.89. The topological polar surface area (TPSA) is 67.6 Å². The number of hydrogen-bond acceptors (Lipinski definition) is 3. The van der Waals surface area contributed by atoms with Crippen LogP contribution < -0.4 is 11.1 Å². The summed E-state index contributed by atoms with van der Waals surface area (Å²) in [5.74, 6) is 0. The summed E-state index contributed by atoms with van der Waals surface area (Å²) in [6.07, 6.45) is 2.06. The van der Waals surface area contributed by atoms with Crippen molar-refractivity contribution in [1.82, 2.24) is 4.90 Å². The highest BCUT2D eigenvalue weighted by Gasteiger charge is 2.22. The Kier molecular flexibility index (Phi) is 4.04. The monoisotopic (exact) mass is 249 g/mol. The van der Waals surface area contributed by atoms with E-state index >= 15 is 0 Å². The van der Waals surface area contributed by atoms with Crippen LogP contribution in [0.4, 0.5) is 16.2 Å². The lowest BCUT2D eigenvalue weighted by Gasteiger charge is -2.31. The van der Waals surface area contributed by atoms with Crippen LogP contribution >= 0.6 is 0 Å². The fraction of sp³-hybridized carbons (Fsp3) is 0.462. The molecule has 1 heterocycles. The lowest BCUT2D eigenvalue weighted by Crippen LogP contribution is -2.42. The van der Waals surface area contributed by atoms with E-state index in [0.29, 0.717) is 5.69 Å². The molecule has 98 valence electrons. The average molecular weight is 249 g/mol. The first kappa shape index (κ1) is 12.7. The predicted octanol–water partition coefficient (Wildman–Crippen LogP) is 1.91. The molecule has 0 bridgehead atoms. The number of amides is 2. The Labute approximate surface area is 107 Å². The normalized spacial score (nSPS) is 16.6. The average Bonchev–Trinajstić information content (AvgIpc) is 2.39. The summed E-state index contributed by atoms with van der Waals surface area (Å²) in [7, 11) is 1.72. The van der Waals surface area contributed by atoms with Crippen LogP contribution in [-0.2, 0) is 4.74 Å². The van der Waals surface area contributed by atoms with E-state index in [-0.39, 0.29) is 12.1 Å². The Hall–Kier alpha value is -1.75. The Morgan fingerprint density at radius 1 is 1.44 bits per heavy atom. The number of nitrogens with zero attached hydrogens (tertiary/aromatic N) is 1. The first-order valence-corrected chi connectivity index (χ1v) is 6.13. The smallest absolute Gasteiger partial charge is 0.321 e. The number of rotatable bonds is 2. The van der Waals surface area contributed by atoms with Gasteiger partial charge in [0.1, 0.15) is 0 Å². The lowest BCUT2D eigenvalue weighted by molar-refractivity contribution is 0.0521. The van der Waals surface area contributed by atoms with Crippen LogP contribution in [0.5, 0.6) is 0 Å². The third kappa shape index (κ3) is 3.13. The minimum atomic E-state index is -0.0739. The molecule has 0 aromatic heterocycles. The van der Waals surface area contributed by atoms with E-state index in [1.54, 1.807) is 24.1 Å². The second-order valence-electron chi connectivity index (χ2n) is 4.48. The summed E-state index contributed by atoms with van der Waals surface area (Å²) >= 11 is 0. The molecule has 1 fully saturated rings. The molecule has 2 amide bonds. The highest BCUT2D eigenvalue weighted by atomic mass is 16.5. The van der Waals surface area contributed by atoms with Gasteiger partial charge in [0.05, 0.1) is 6.10 Å². The molecule has 18 heavy (non-hydrogen) atoms. The lowest BCUT2D eigenvalue weighted by atomic mass is 10.1. The van der Waals surface area contributed by atoms with E-state index in [0.717, 1.165) is 31.6 Å².